The van der Waals surface area contributed by atoms with Crippen LogP contribution in [0.5, 0.6) is 0 Å². The lowest BCUT2D eigenvalue weighted by Crippen LogP contribution is -2.10. The largest absolute Gasteiger partial charge is 0.478 e. The summed E-state index contributed by atoms with van der Waals surface area (Å²) in [6, 6.07) is 6.90. The standard InChI is InChI=1S/C15H16N2O3/c18-15(19)13-3-1-2-12(6-13)14-7-16-17(9-14)8-11-4-5-20-10-11/h1-3,6-7,9,11H,4-5,8,10H2,(H,18,19). The van der Waals surface area contributed by atoms with Crippen molar-refractivity contribution in [2.24, 2.45) is 5.92 Å². The molecule has 0 amide bonds. The van der Waals surface area contributed by atoms with Gasteiger partial charge in [-0.1, -0.05) is 12.1 Å². The summed E-state index contributed by atoms with van der Waals surface area (Å²) in [6.07, 6.45) is 4.81. The van der Waals surface area contributed by atoms with Gasteiger partial charge in [-0.3, -0.25) is 4.68 Å². The summed E-state index contributed by atoms with van der Waals surface area (Å²) in [6.45, 7) is 2.47. The van der Waals surface area contributed by atoms with Crippen molar-refractivity contribution < 1.29 is 14.6 Å². The van der Waals surface area contributed by atoms with Crippen LogP contribution >= 0.6 is 0 Å². The lowest BCUT2D eigenvalue weighted by atomic mass is 10.1. The lowest BCUT2D eigenvalue weighted by Gasteiger charge is -2.06. The van der Waals surface area contributed by atoms with Crippen molar-refractivity contribution >= 4 is 5.97 Å². The van der Waals surface area contributed by atoms with Gasteiger partial charge in [0.05, 0.1) is 18.4 Å². The van der Waals surface area contributed by atoms with E-state index in [1.165, 1.54) is 0 Å². The van der Waals surface area contributed by atoms with Gasteiger partial charge in [0, 0.05) is 30.8 Å². The fourth-order valence-electron chi connectivity index (χ4n) is 2.44. The normalized spacial score (nSPS) is 18.3. The zero-order valence-electron chi connectivity index (χ0n) is 11.0. The van der Waals surface area contributed by atoms with Crippen LogP contribution in [0.25, 0.3) is 11.1 Å². The Bertz CT molecular complexity index is 615. The summed E-state index contributed by atoms with van der Waals surface area (Å²) in [5.74, 6) is -0.393. The van der Waals surface area contributed by atoms with E-state index in [2.05, 4.69) is 5.10 Å². The van der Waals surface area contributed by atoms with E-state index >= 15 is 0 Å². The molecule has 0 saturated carbocycles. The Morgan fingerprint density at radius 2 is 2.35 bits per heavy atom. The van der Waals surface area contributed by atoms with E-state index in [1.54, 1.807) is 24.4 Å². The Morgan fingerprint density at radius 1 is 1.45 bits per heavy atom. The molecule has 2 aromatic rings. The SMILES string of the molecule is O=C(O)c1cccc(-c2cnn(CC3CCOC3)c2)c1. The molecule has 0 aliphatic carbocycles. The minimum absolute atomic E-state index is 0.291. The van der Waals surface area contributed by atoms with Crippen LogP contribution in [0.1, 0.15) is 16.8 Å². The molecule has 1 atom stereocenters. The van der Waals surface area contributed by atoms with Crippen LogP contribution in [0.15, 0.2) is 36.7 Å². The smallest absolute Gasteiger partial charge is 0.335 e. The molecule has 0 spiro atoms. The molecule has 20 heavy (non-hydrogen) atoms. The van der Waals surface area contributed by atoms with Crippen molar-refractivity contribution in [3.8, 4) is 11.1 Å². The summed E-state index contributed by atoms with van der Waals surface area (Å²) >= 11 is 0. The van der Waals surface area contributed by atoms with E-state index in [0.29, 0.717) is 11.5 Å². The molecule has 1 fully saturated rings. The third kappa shape index (κ3) is 2.72. The van der Waals surface area contributed by atoms with Gasteiger partial charge >= 0.3 is 5.97 Å². The van der Waals surface area contributed by atoms with E-state index in [0.717, 1.165) is 37.3 Å². The summed E-state index contributed by atoms with van der Waals surface area (Å²) in [7, 11) is 0. The van der Waals surface area contributed by atoms with Gasteiger partial charge in [-0.2, -0.15) is 5.10 Å². The van der Waals surface area contributed by atoms with Crippen LogP contribution in [0.2, 0.25) is 0 Å². The van der Waals surface area contributed by atoms with E-state index in [1.807, 2.05) is 16.9 Å². The van der Waals surface area contributed by atoms with Gasteiger partial charge in [0.25, 0.3) is 0 Å². The predicted octanol–water partition coefficient (Wildman–Crippen LogP) is 2.28. The lowest BCUT2D eigenvalue weighted by molar-refractivity contribution is 0.0697. The molecule has 1 aromatic carbocycles. The van der Waals surface area contributed by atoms with Crippen molar-refractivity contribution in [2.45, 2.75) is 13.0 Å². The first-order valence-electron chi connectivity index (χ1n) is 6.66. The Hall–Kier alpha value is -2.14. The summed E-state index contributed by atoms with van der Waals surface area (Å²) < 4.78 is 7.26. The third-order valence-corrected chi connectivity index (χ3v) is 3.55. The summed E-state index contributed by atoms with van der Waals surface area (Å²) in [4.78, 5) is 11.0. The number of rotatable bonds is 4. The molecule has 2 heterocycles. The number of hydrogen-bond donors (Lipinski definition) is 1. The summed E-state index contributed by atoms with van der Waals surface area (Å²) in [5, 5.41) is 13.4. The number of benzene rings is 1. The van der Waals surface area contributed by atoms with Crippen molar-refractivity contribution in [3.63, 3.8) is 0 Å². The maximum Gasteiger partial charge on any atom is 0.335 e. The fourth-order valence-corrected chi connectivity index (χ4v) is 2.44. The predicted molar refractivity (Wildman–Crippen MR) is 73.5 cm³/mol. The Balaban J connectivity index is 1.78. The van der Waals surface area contributed by atoms with Crippen LogP contribution < -0.4 is 0 Å². The zero-order chi connectivity index (χ0) is 13.9. The topological polar surface area (TPSA) is 64.3 Å². The van der Waals surface area contributed by atoms with E-state index in [9.17, 15) is 4.79 Å². The molecule has 1 saturated heterocycles. The average molecular weight is 272 g/mol. The van der Waals surface area contributed by atoms with Gasteiger partial charge in [0.15, 0.2) is 0 Å². The molecule has 0 bridgehead atoms. The molecule has 104 valence electrons. The first kappa shape index (κ1) is 12.9. The number of carboxylic acids is 1. The second kappa shape index (κ2) is 5.46. The quantitative estimate of drug-likeness (QED) is 0.927. The van der Waals surface area contributed by atoms with Gasteiger partial charge in [-0.15, -0.1) is 0 Å². The molecule has 3 rings (SSSR count). The first-order valence-corrected chi connectivity index (χ1v) is 6.66. The molecule has 1 aliphatic rings. The summed E-state index contributed by atoms with van der Waals surface area (Å²) in [5.41, 5.74) is 2.10. The molecule has 5 nitrogen and oxygen atoms in total. The van der Waals surface area contributed by atoms with Gasteiger partial charge in [0.2, 0.25) is 0 Å². The minimum Gasteiger partial charge on any atom is -0.478 e. The highest BCUT2D eigenvalue weighted by molar-refractivity contribution is 5.89. The molecule has 1 N–H and O–H groups in total. The maximum absolute atomic E-state index is 11.0. The van der Waals surface area contributed by atoms with Crippen LogP contribution in [0.3, 0.4) is 0 Å². The maximum atomic E-state index is 11.0. The van der Waals surface area contributed by atoms with Crippen LogP contribution in [0, 0.1) is 5.92 Å². The number of carbonyl (C=O) groups is 1. The fraction of sp³-hybridized carbons (Fsp3) is 0.333. The number of ether oxygens (including phenoxy) is 1. The molecular formula is C15H16N2O3. The van der Waals surface area contributed by atoms with Crippen molar-refractivity contribution in [1.29, 1.82) is 0 Å². The number of aromatic nitrogens is 2. The first-order chi connectivity index (χ1) is 9.72. The zero-order valence-corrected chi connectivity index (χ0v) is 11.0. The molecular weight excluding hydrogens is 256 g/mol. The minimum atomic E-state index is -0.914. The third-order valence-electron chi connectivity index (χ3n) is 3.55. The van der Waals surface area contributed by atoms with E-state index in [-0.39, 0.29) is 0 Å². The van der Waals surface area contributed by atoms with Gasteiger partial charge in [-0.25, -0.2) is 4.79 Å². The van der Waals surface area contributed by atoms with Crippen LogP contribution in [-0.2, 0) is 11.3 Å². The second-order valence-corrected chi connectivity index (χ2v) is 5.07. The molecule has 5 heteroatoms. The van der Waals surface area contributed by atoms with Gasteiger partial charge in [-0.05, 0) is 24.1 Å². The Labute approximate surface area is 116 Å². The highest BCUT2D eigenvalue weighted by atomic mass is 16.5. The Morgan fingerprint density at radius 3 is 3.10 bits per heavy atom. The average Bonchev–Trinajstić information content (AvgIpc) is 3.11. The monoisotopic (exact) mass is 272 g/mol. The van der Waals surface area contributed by atoms with Crippen molar-refractivity contribution in [1.82, 2.24) is 9.78 Å². The number of nitrogens with zero attached hydrogens (tertiary/aromatic N) is 2. The Kier molecular flexibility index (Phi) is 3.52. The highest BCUT2D eigenvalue weighted by Crippen LogP contribution is 2.21. The number of aromatic carboxylic acids is 1. The van der Waals surface area contributed by atoms with Gasteiger partial charge < -0.3 is 9.84 Å². The number of carboxylic acid groups (broad SMARTS) is 1. The van der Waals surface area contributed by atoms with E-state index in [4.69, 9.17) is 9.84 Å². The molecule has 1 unspecified atom stereocenters. The van der Waals surface area contributed by atoms with Crippen LogP contribution in [0.4, 0.5) is 0 Å². The molecule has 1 aromatic heterocycles. The second-order valence-electron chi connectivity index (χ2n) is 5.07. The molecule has 1 aliphatic heterocycles. The number of hydrogen-bond acceptors (Lipinski definition) is 3. The van der Waals surface area contributed by atoms with Crippen molar-refractivity contribution in [2.75, 3.05) is 13.2 Å². The van der Waals surface area contributed by atoms with E-state index < -0.39 is 5.97 Å². The molecule has 0 radical (unpaired) electrons. The van der Waals surface area contributed by atoms with Crippen molar-refractivity contribution in [3.05, 3.63) is 42.2 Å². The highest BCUT2D eigenvalue weighted by Gasteiger charge is 2.16. The van der Waals surface area contributed by atoms with Gasteiger partial charge in [0.1, 0.15) is 0 Å². The van der Waals surface area contributed by atoms with Crippen LogP contribution in [-0.4, -0.2) is 34.1 Å².